The van der Waals surface area contributed by atoms with Gasteiger partial charge in [0.15, 0.2) is 0 Å². The van der Waals surface area contributed by atoms with Crippen molar-refractivity contribution in [3.05, 3.63) is 65.9 Å². The summed E-state index contributed by atoms with van der Waals surface area (Å²) in [7, 11) is 1.38. The molecule has 0 atom stereocenters. The fourth-order valence-corrected chi connectivity index (χ4v) is 2.92. The van der Waals surface area contributed by atoms with Crippen molar-refractivity contribution in [3.8, 4) is 0 Å². The maximum absolute atomic E-state index is 12.1. The van der Waals surface area contributed by atoms with Gasteiger partial charge in [-0.2, -0.15) is 0 Å². The van der Waals surface area contributed by atoms with E-state index in [-0.39, 0.29) is 5.97 Å². The van der Waals surface area contributed by atoms with Crippen LogP contribution in [0.5, 0.6) is 0 Å². The van der Waals surface area contributed by atoms with Gasteiger partial charge in [-0.1, -0.05) is 42.4 Å². The number of carbonyl (C=O) groups is 1. The maximum atomic E-state index is 12.1. The van der Waals surface area contributed by atoms with E-state index < -0.39 is 0 Å². The molecule has 6 heteroatoms. The van der Waals surface area contributed by atoms with Gasteiger partial charge in [-0.05, 0) is 24.6 Å². The number of rotatable bonds is 7. The fourth-order valence-electron chi connectivity index (χ4n) is 2.92. The average molecular weight is 365 g/mol. The molecule has 140 valence electrons. The first-order chi connectivity index (χ1) is 13.1. The smallest absolute Gasteiger partial charge is 0.340 e. The second kappa shape index (κ2) is 8.40. The lowest BCUT2D eigenvalue weighted by atomic mass is 10.1. The predicted octanol–water partition coefficient (Wildman–Crippen LogP) is 3.84. The highest BCUT2D eigenvalue weighted by Gasteiger charge is 2.17. The van der Waals surface area contributed by atoms with Crippen LogP contribution >= 0.6 is 0 Å². The second-order valence-electron chi connectivity index (χ2n) is 6.18. The molecule has 1 aromatic heterocycles. The normalized spacial score (nSPS) is 11.6. The molecule has 6 nitrogen and oxygen atoms in total. The molecule has 27 heavy (non-hydrogen) atoms. The molecule has 2 N–H and O–H groups in total. The van der Waals surface area contributed by atoms with E-state index in [1.165, 1.54) is 7.11 Å². The molecule has 0 radical (unpaired) electrons. The van der Waals surface area contributed by atoms with E-state index in [1.54, 1.807) is 6.20 Å². The Morgan fingerprint density at radius 3 is 2.74 bits per heavy atom. The third-order valence-electron chi connectivity index (χ3n) is 4.20. The standard InChI is InChI=1S/C21H23N3O3/c1-3-11-27-23-19(15-7-6-8-16(22)12-15)14-24-13-18(21(25)26-2)17-9-4-5-10-20(17)24/h4-10,12-13H,3,11,14,22H2,1-2H3. The molecule has 0 fully saturated rings. The van der Waals surface area contributed by atoms with Crippen molar-refractivity contribution in [2.45, 2.75) is 19.9 Å². The summed E-state index contributed by atoms with van der Waals surface area (Å²) in [5.41, 5.74) is 9.64. The summed E-state index contributed by atoms with van der Waals surface area (Å²) in [4.78, 5) is 17.6. The van der Waals surface area contributed by atoms with Gasteiger partial charge in [-0.15, -0.1) is 0 Å². The van der Waals surface area contributed by atoms with Gasteiger partial charge < -0.3 is 19.9 Å². The highest BCUT2D eigenvalue weighted by molar-refractivity contribution is 6.06. The van der Waals surface area contributed by atoms with Gasteiger partial charge in [0.25, 0.3) is 0 Å². The molecule has 0 saturated carbocycles. The van der Waals surface area contributed by atoms with Crippen LogP contribution in [-0.2, 0) is 16.1 Å². The van der Waals surface area contributed by atoms with Crippen LogP contribution < -0.4 is 5.73 Å². The summed E-state index contributed by atoms with van der Waals surface area (Å²) in [5.74, 6) is -0.366. The molecule has 3 rings (SSSR count). The lowest BCUT2D eigenvalue weighted by molar-refractivity contribution is 0.0602. The van der Waals surface area contributed by atoms with Crippen LogP contribution in [-0.4, -0.2) is 30.0 Å². The Labute approximate surface area is 158 Å². The molecule has 0 bridgehead atoms. The van der Waals surface area contributed by atoms with E-state index >= 15 is 0 Å². The first-order valence-corrected chi connectivity index (χ1v) is 8.85. The summed E-state index contributed by atoms with van der Waals surface area (Å²) < 4.78 is 6.89. The Morgan fingerprint density at radius 1 is 1.19 bits per heavy atom. The van der Waals surface area contributed by atoms with Crippen molar-refractivity contribution in [2.24, 2.45) is 5.16 Å². The topological polar surface area (TPSA) is 78.8 Å². The minimum Gasteiger partial charge on any atom is -0.465 e. The van der Waals surface area contributed by atoms with Crippen LogP contribution in [0, 0.1) is 0 Å². The summed E-state index contributed by atoms with van der Waals surface area (Å²) in [6, 6.07) is 15.2. The third-order valence-corrected chi connectivity index (χ3v) is 4.20. The van der Waals surface area contributed by atoms with E-state index in [1.807, 2.05) is 60.0 Å². The molecule has 0 aliphatic rings. The van der Waals surface area contributed by atoms with E-state index in [0.29, 0.717) is 24.4 Å². The number of nitrogens with two attached hydrogens (primary N) is 1. The third kappa shape index (κ3) is 4.11. The van der Waals surface area contributed by atoms with Gasteiger partial charge in [-0.3, -0.25) is 0 Å². The summed E-state index contributed by atoms with van der Waals surface area (Å²) in [6.45, 7) is 2.99. The van der Waals surface area contributed by atoms with Crippen LogP contribution in [0.2, 0.25) is 0 Å². The minimum absolute atomic E-state index is 0.366. The van der Waals surface area contributed by atoms with E-state index in [9.17, 15) is 4.79 Å². The number of methoxy groups -OCH3 is 1. The molecular weight excluding hydrogens is 342 g/mol. The first-order valence-electron chi connectivity index (χ1n) is 8.85. The molecular formula is C21H23N3O3. The molecule has 2 aromatic carbocycles. The van der Waals surface area contributed by atoms with Gasteiger partial charge in [-0.25, -0.2) is 4.79 Å². The van der Waals surface area contributed by atoms with Crippen LogP contribution in [0.15, 0.2) is 59.9 Å². The lowest BCUT2D eigenvalue weighted by Gasteiger charge is -2.10. The molecule has 0 saturated heterocycles. The quantitative estimate of drug-likeness (QED) is 0.227. The van der Waals surface area contributed by atoms with Gasteiger partial charge in [0.05, 0.1) is 19.2 Å². The number of esters is 1. The molecule has 1 heterocycles. The number of nitrogen functional groups attached to an aromatic ring is 1. The number of aromatic nitrogens is 1. The Balaban J connectivity index is 2.03. The van der Waals surface area contributed by atoms with Gasteiger partial charge >= 0.3 is 5.97 Å². The maximum Gasteiger partial charge on any atom is 0.340 e. The average Bonchev–Trinajstić information content (AvgIpc) is 3.05. The number of fused-ring (bicyclic) bond motifs is 1. The predicted molar refractivity (Wildman–Crippen MR) is 107 cm³/mol. The highest BCUT2D eigenvalue weighted by atomic mass is 16.6. The fraction of sp³-hybridized carbons (Fsp3) is 0.238. The Bertz CT molecular complexity index is 976. The molecule has 0 spiro atoms. The Kier molecular flexibility index (Phi) is 5.76. The Hall–Kier alpha value is -3.28. The number of carbonyl (C=O) groups excluding carboxylic acids is 1. The molecule has 0 unspecified atom stereocenters. The van der Waals surface area contributed by atoms with E-state index in [4.69, 9.17) is 15.3 Å². The van der Waals surface area contributed by atoms with E-state index in [0.717, 1.165) is 28.6 Å². The van der Waals surface area contributed by atoms with Crippen LogP contribution in [0.3, 0.4) is 0 Å². The summed E-state index contributed by atoms with van der Waals surface area (Å²) >= 11 is 0. The van der Waals surface area contributed by atoms with Crippen molar-refractivity contribution >= 4 is 28.3 Å². The molecule has 0 amide bonds. The number of nitrogens with zero attached hydrogens (tertiary/aromatic N) is 2. The Morgan fingerprint density at radius 2 is 2.00 bits per heavy atom. The first kappa shape index (κ1) is 18.5. The highest BCUT2D eigenvalue weighted by Crippen LogP contribution is 2.23. The number of benzene rings is 2. The SMILES string of the molecule is CCCON=C(Cn1cc(C(=O)OC)c2ccccc21)c1cccc(N)c1. The molecule has 0 aliphatic heterocycles. The van der Waals surface area contributed by atoms with Gasteiger partial charge in [0.1, 0.15) is 12.3 Å². The lowest BCUT2D eigenvalue weighted by Crippen LogP contribution is -2.12. The zero-order valence-corrected chi connectivity index (χ0v) is 15.5. The van der Waals surface area contributed by atoms with Crippen molar-refractivity contribution in [3.63, 3.8) is 0 Å². The van der Waals surface area contributed by atoms with Gasteiger partial charge in [0, 0.05) is 28.4 Å². The number of anilines is 1. The zero-order valence-electron chi connectivity index (χ0n) is 15.5. The zero-order chi connectivity index (χ0) is 19.2. The number of hydrogen-bond acceptors (Lipinski definition) is 5. The largest absolute Gasteiger partial charge is 0.465 e. The summed E-state index contributed by atoms with van der Waals surface area (Å²) in [5, 5.41) is 5.16. The van der Waals surface area contributed by atoms with E-state index in [2.05, 4.69) is 5.16 Å². The van der Waals surface area contributed by atoms with Crippen LogP contribution in [0.4, 0.5) is 5.69 Å². The van der Waals surface area contributed by atoms with Crippen molar-refractivity contribution in [1.82, 2.24) is 4.57 Å². The number of ether oxygens (including phenoxy) is 1. The number of hydrogen-bond donors (Lipinski definition) is 1. The number of para-hydroxylation sites is 1. The van der Waals surface area contributed by atoms with Crippen molar-refractivity contribution in [1.29, 1.82) is 0 Å². The van der Waals surface area contributed by atoms with Crippen molar-refractivity contribution in [2.75, 3.05) is 19.5 Å². The van der Waals surface area contributed by atoms with Crippen LogP contribution in [0.25, 0.3) is 10.9 Å². The summed E-state index contributed by atoms with van der Waals surface area (Å²) in [6.07, 6.45) is 2.66. The van der Waals surface area contributed by atoms with Crippen LogP contribution in [0.1, 0.15) is 29.3 Å². The second-order valence-corrected chi connectivity index (χ2v) is 6.18. The molecule has 3 aromatic rings. The molecule has 0 aliphatic carbocycles. The monoisotopic (exact) mass is 365 g/mol. The van der Waals surface area contributed by atoms with Crippen molar-refractivity contribution < 1.29 is 14.4 Å². The minimum atomic E-state index is -0.366. The number of oxime groups is 1. The van der Waals surface area contributed by atoms with Gasteiger partial charge in [0.2, 0.25) is 0 Å².